The molecule has 1 fully saturated rings. The molecule has 9 nitrogen and oxygen atoms in total. The first-order valence-electron chi connectivity index (χ1n) is 13.4. The largest absolute Gasteiger partial charge is 0.367 e. The zero-order chi connectivity index (χ0) is 29.6. The molecule has 2 atom stereocenters. The van der Waals surface area contributed by atoms with E-state index in [1.165, 1.54) is 13.0 Å². The molecule has 0 bridgehead atoms. The summed E-state index contributed by atoms with van der Waals surface area (Å²) in [5.41, 5.74) is 4.20. The Labute approximate surface area is 246 Å². The Kier molecular flexibility index (Phi) is 9.88. The van der Waals surface area contributed by atoms with E-state index in [9.17, 15) is 13.6 Å². The van der Waals surface area contributed by atoms with E-state index in [1.807, 2.05) is 38.1 Å². The molecule has 1 aromatic heterocycles. The number of hydrogen-bond donors (Lipinski definition) is 3. The summed E-state index contributed by atoms with van der Waals surface area (Å²) in [4.78, 5) is 11.4. The van der Waals surface area contributed by atoms with Crippen molar-refractivity contribution in [1.29, 1.82) is 0 Å². The number of nitrogens with zero attached hydrogens (tertiary/aromatic N) is 3. The predicted molar refractivity (Wildman–Crippen MR) is 154 cm³/mol. The Morgan fingerprint density at radius 2 is 2.05 bits per heavy atom. The molecule has 2 heterocycles. The third-order valence-electron chi connectivity index (χ3n) is 7.16. The molecule has 3 aromatic rings. The molecule has 41 heavy (non-hydrogen) atoms. The fraction of sp³-hybridized carbons (Fsp3) is 0.448. The van der Waals surface area contributed by atoms with Crippen LogP contribution in [0.3, 0.4) is 0 Å². The third kappa shape index (κ3) is 6.99. The molecule has 3 N–H and O–H groups in total. The van der Waals surface area contributed by atoms with Crippen LogP contribution in [0.2, 0.25) is 0 Å². The van der Waals surface area contributed by atoms with E-state index in [0.29, 0.717) is 54.0 Å². The van der Waals surface area contributed by atoms with Gasteiger partial charge in [-0.1, -0.05) is 40.7 Å². The smallest absolute Gasteiger partial charge is 0.216 e. The van der Waals surface area contributed by atoms with Gasteiger partial charge in [-0.05, 0) is 72.4 Å². The van der Waals surface area contributed by atoms with Gasteiger partial charge >= 0.3 is 0 Å². The average Bonchev–Trinajstić information content (AvgIpc) is 3.33. The van der Waals surface area contributed by atoms with Crippen molar-refractivity contribution >= 4 is 21.8 Å². The number of amides is 1. The topological polar surface area (TPSA) is 113 Å². The molecule has 1 aliphatic heterocycles. The molecule has 1 amide bonds. The minimum Gasteiger partial charge on any atom is -0.367 e. The number of aromatic nitrogens is 1. The fourth-order valence-electron chi connectivity index (χ4n) is 5.07. The molecule has 2 aromatic carbocycles. The van der Waals surface area contributed by atoms with Crippen LogP contribution >= 0.6 is 15.9 Å². The van der Waals surface area contributed by atoms with Crippen molar-refractivity contribution in [2.24, 2.45) is 10.3 Å². The van der Waals surface area contributed by atoms with Crippen LogP contribution in [0.15, 0.2) is 61.8 Å². The normalized spacial score (nSPS) is 19.4. The number of hydrogen-bond acceptors (Lipinski definition) is 7. The van der Waals surface area contributed by atoms with E-state index >= 15 is 0 Å². The number of carbonyl (C=O) groups is 1. The van der Waals surface area contributed by atoms with Crippen molar-refractivity contribution in [3.8, 4) is 11.3 Å². The van der Waals surface area contributed by atoms with Crippen LogP contribution in [0.25, 0.3) is 11.3 Å². The zero-order valence-corrected chi connectivity index (χ0v) is 25.1. The Bertz CT molecular complexity index is 1400. The summed E-state index contributed by atoms with van der Waals surface area (Å²) in [5.74, 6) is -1.87. The van der Waals surface area contributed by atoms with Crippen molar-refractivity contribution < 1.29 is 22.8 Å². The van der Waals surface area contributed by atoms with E-state index in [-0.39, 0.29) is 12.5 Å². The molecule has 1 saturated heterocycles. The number of nitrogens with one attached hydrogen (secondary N) is 3. The second-order valence-electron chi connectivity index (χ2n) is 10.7. The van der Waals surface area contributed by atoms with Gasteiger partial charge in [-0.2, -0.15) is 5.11 Å². The maximum atomic E-state index is 14.6. The highest BCUT2D eigenvalue weighted by Crippen LogP contribution is 2.48. The lowest BCUT2D eigenvalue weighted by molar-refractivity contribution is -0.118. The minimum atomic E-state index is -1.07. The molecule has 0 saturated carbocycles. The molecular formula is C29H35BrF2N6O3. The lowest BCUT2D eigenvalue weighted by Gasteiger charge is -2.45. The minimum absolute atomic E-state index is 0.0971. The van der Waals surface area contributed by atoms with Crippen molar-refractivity contribution in [3.63, 3.8) is 0 Å². The van der Waals surface area contributed by atoms with Crippen LogP contribution in [-0.4, -0.2) is 49.9 Å². The van der Waals surface area contributed by atoms with Gasteiger partial charge in [-0.3, -0.25) is 10.2 Å². The lowest BCUT2D eigenvalue weighted by atomic mass is 9.74. The van der Waals surface area contributed by atoms with Crippen LogP contribution in [0.1, 0.15) is 49.9 Å². The molecule has 12 heteroatoms. The van der Waals surface area contributed by atoms with E-state index < -0.39 is 28.7 Å². The van der Waals surface area contributed by atoms with Crippen LogP contribution in [-0.2, 0) is 21.6 Å². The summed E-state index contributed by atoms with van der Waals surface area (Å²) in [7, 11) is 1.56. The fourth-order valence-corrected chi connectivity index (χ4v) is 5.71. The SMILES string of the molecule is CN=NNC(C)(C)CO[C@]1(c2ccc(F)c(F)c2)CCNC[C@@H]1c1noc(-c2ccccc2CCNC(C)=O)c1Br. The second kappa shape index (κ2) is 13.2. The molecule has 0 spiro atoms. The molecular weight excluding hydrogens is 598 g/mol. The quantitative estimate of drug-likeness (QED) is 0.192. The van der Waals surface area contributed by atoms with Gasteiger partial charge in [0, 0.05) is 25.6 Å². The van der Waals surface area contributed by atoms with Gasteiger partial charge in [0.15, 0.2) is 17.4 Å². The molecule has 0 radical (unpaired) electrons. The summed E-state index contributed by atoms with van der Waals surface area (Å²) in [6.07, 6.45) is 1.07. The molecule has 1 aliphatic rings. The van der Waals surface area contributed by atoms with Gasteiger partial charge in [0.2, 0.25) is 5.91 Å². The van der Waals surface area contributed by atoms with Gasteiger partial charge in [-0.15, -0.1) is 0 Å². The Morgan fingerprint density at radius 1 is 1.27 bits per heavy atom. The van der Waals surface area contributed by atoms with Gasteiger partial charge in [-0.25, -0.2) is 8.78 Å². The first kappa shape index (κ1) is 30.7. The second-order valence-corrected chi connectivity index (χ2v) is 11.5. The first-order chi connectivity index (χ1) is 19.6. The standard InChI is InChI=1S/C29H35BrF2N6O3/c1-18(39)35-13-11-19-7-5-6-8-21(19)27-25(30)26(36-41-27)22-16-34-14-12-29(22,20-9-10-23(31)24(32)15-20)40-17-28(2,3)37-38-33-4/h5-10,15,22,34H,11-14,16-17H2,1-4H3,(H,33,37)(H,35,39)/t22-,29+/m1/s1. The molecule has 0 unspecified atom stereocenters. The van der Waals surface area contributed by atoms with Crippen LogP contribution < -0.4 is 16.1 Å². The highest BCUT2D eigenvalue weighted by molar-refractivity contribution is 9.10. The van der Waals surface area contributed by atoms with E-state index in [1.54, 1.807) is 13.1 Å². The van der Waals surface area contributed by atoms with Gasteiger partial charge < -0.3 is 19.9 Å². The van der Waals surface area contributed by atoms with Crippen molar-refractivity contribution in [3.05, 3.63) is 75.4 Å². The predicted octanol–water partition coefficient (Wildman–Crippen LogP) is 5.42. The van der Waals surface area contributed by atoms with Crippen LogP contribution in [0, 0.1) is 11.6 Å². The lowest BCUT2D eigenvalue weighted by Crippen LogP contribution is -2.52. The summed E-state index contributed by atoms with van der Waals surface area (Å²) in [5, 5.41) is 18.4. The summed E-state index contributed by atoms with van der Waals surface area (Å²) < 4.78 is 41.9. The Morgan fingerprint density at radius 3 is 2.78 bits per heavy atom. The van der Waals surface area contributed by atoms with Crippen molar-refractivity contribution in [2.75, 3.05) is 33.3 Å². The number of halogens is 3. The number of piperidine rings is 1. The maximum Gasteiger partial charge on any atom is 0.216 e. The van der Waals surface area contributed by atoms with E-state index in [2.05, 4.69) is 47.5 Å². The summed E-state index contributed by atoms with van der Waals surface area (Å²) in [6.45, 7) is 7.03. The molecule has 0 aliphatic carbocycles. The monoisotopic (exact) mass is 632 g/mol. The van der Waals surface area contributed by atoms with Gasteiger partial charge in [0.1, 0.15) is 11.3 Å². The third-order valence-corrected chi connectivity index (χ3v) is 7.92. The number of benzene rings is 2. The van der Waals surface area contributed by atoms with Crippen LogP contribution in [0.4, 0.5) is 8.78 Å². The number of rotatable bonds is 11. The van der Waals surface area contributed by atoms with Crippen molar-refractivity contribution in [2.45, 2.75) is 50.7 Å². The molecule has 4 rings (SSSR count). The highest BCUT2D eigenvalue weighted by atomic mass is 79.9. The molecule has 220 valence electrons. The van der Waals surface area contributed by atoms with Crippen LogP contribution in [0.5, 0.6) is 0 Å². The summed E-state index contributed by atoms with van der Waals surface area (Å²) in [6, 6.07) is 11.6. The maximum absolute atomic E-state index is 14.6. The zero-order valence-electron chi connectivity index (χ0n) is 23.6. The Hall–Kier alpha value is -3.22. The average molecular weight is 634 g/mol. The van der Waals surface area contributed by atoms with Gasteiger partial charge in [0.25, 0.3) is 0 Å². The van der Waals surface area contributed by atoms with E-state index in [0.717, 1.165) is 17.2 Å². The van der Waals surface area contributed by atoms with Crippen molar-refractivity contribution in [1.82, 2.24) is 21.2 Å². The summed E-state index contributed by atoms with van der Waals surface area (Å²) >= 11 is 3.74. The Balaban J connectivity index is 1.76. The first-order valence-corrected chi connectivity index (χ1v) is 14.2. The number of ether oxygens (including phenoxy) is 1. The van der Waals surface area contributed by atoms with E-state index in [4.69, 9.17) is 9.26 Å². The number of carbonyl (C=O) groups excluding carboxylic acids is 1. The highest BCUT2D eigenvalue weighted by Gasteiger charge is 2.48. The van der Waals surface area contributed by atoms with Gasteiger partial charge in [0.05, 0.1) is 29.6 Å².